The monoisotopic (exact) mass is 214 g/mol. The number of likely N-dealkylation sites (N-methyl/N-ethyl adjacent to an activating group) is 1. The summed E-state index contributed by atoms with van der Waals surface area (Å²) in [5.41, 5.74) is 5.86. The summed E-state index contributed by atoms with van der Waals surface area (Å²) < 4.78 is 0. The van der Waals surface area contributed by atoms with Gasteiger partial charge < -0.3 is 10.6 Å². The van der Waals surface area contributed by atoms with Crippen LogP contribution < -0.4 is 5.73 Å². The van der Waals surface area contributed by atoms with E-state index >= 15 is 0 Å². The molecule has 0 aliphatic rings. The number of carbonyl (C=O) groups is 1. The van der Waals surface area contributed by atoms with Crippen molar-refractivity contribution in [3.63, 3.8) is 0 Å². The van der Waals surface area contributed by atoms with Crippen LogP contribution in [0.4, 0.5) is 0 Å². The molecule has 2 atom stereocenters. The molecule has 0 aliphatic heterocycles. The van der Waals surface area contributed by atoms with Crippen molar-refractivity contribution >= 4 is 5.91 Å². The van der Waals surface area contributed by atoms with Gasteiger partial charge in [-0.05, 0) is 18.8 Å². The van der Waals surface area contributed by atoms with Crippen LogP contribution in [-0.2, 0) is 4.79 Å². The molecule has 0 fully saturated rings. The lowest BCUT2D eigenvalue weighted by atomic mass is 10.0. The molecule has 0 radical (unpaired) electrons. The summed E-state index contributed by atoms with van der Waals surface area (Å²) in [6, 6.07) is -0.353. The molecule has 2 N–H and O–H groups in total. The maximum absolute atomic E-state index is 12.0. The van der Waals surface area contributed by atoms with Crippen LogP contribution in [-0.4, -0.2) is 29.9 Å². The summed E-state index contributed by atoms with van der Waals surface area (Å²) >= 11 is 0. The Kier molecular flexibility index (Phi) is 6.57. The Morgan fingerprint density at radius 3 is 2.13 bits per heavy atom. The number of rotatable bonds is 6. The normalized spacial score (nSPS) is 15.1. The topological polar surface area (TPSA) is 46.3 Å². The third kappa shape index (κ3) is 4.65. The van der Waals surface area contributed by atoms with E-state index in [1.165, 1.54) is 0 Å². The highest BCUT2D eigenvalue weighted by Gasteiger charge is 2.23. The summed E-state index contributed by atoms with van der Waals surface area (Å²) in [6.07, 6.45) is 1.10. The highest BCUT2D eigenvalue weighted by atomic mass is 16.2. The molecule has 0 aromatic heterocycles. The predicted molar refractivity (Wildman–Crippen MR) is 64.5 cm³/mol. The van der Waals surface area contributed by atoms with Crippen molar-refractivity contribution in [3.8, 4) is 0 Å². The van der Waals surface area contributed by atoms with Gasteiger partial charge in [0.05, 0.1) is 6.04 Å². The Labute approximate surface area is 94.0 Å². The number of nitrogens with zero attached hydrogens (tertiary/aromatic N) is 1. The van der Waals surface area contributed by atoms with Crippen LogP contribution in [0.25, 0.3) is 0 Å². The van der Waals surface area contributed by atoms with Crippen molar-refractivity contribution in [2.75, 3.05) is 13.1 Å². The average Bonchev–Trinajstić information content (AvgIpc) is 2.23. The van der Waals surface area contributed by atoms with Crippen LogP contribution >= 0.6 is 0 Å². The Hall–Kier alpha value is -0.570. The Bertz CT molecular complexity index is 192. The molecule has 90 valence electrons. The molecule has 2 unspecified atom stereocenters. The highest BCUT2D eigenvalue weighted by molar-refractivity contribution is 5.81. The Morgan fingerprint density at radius 2 is 1.80 bits per heavy atom. The second kappa shape index (κ2) is 6.83. The lowest BCUT2D eigenvalue weighted by Crippen LogP contribution is -2.47. The van der Waals surface area contributed by atoms with Crippen molar-refractivity contribution in [3.05, 3.63) is 0 Å². The largest absolute Gasteiger partial charge is 0.341 e. The van der Waals surface area contributed by atoms with Crippen molar-refractivity contribution in [2.24, 2.45) is 17.6 Å². The maximum Gasteiger partial charge on any atom is 0.239 e. The van der Waals surface area contributed by atoms with Gasteiger partial charge in [-0.2, -0.15) is 0 Å². The summed E-state index contributed by atoms with van der Waals surface area (Å²) in [5.74, 6) is 0.851. The molecule has 0 aromatic carbocycles. The van der Waals surface area contributed by atoms with Crippen LogP contribution in [0.1, 0.15) is 41.0 Å². The fourth-order valence-electron chi connectivity index (χ4n) is 1.38. The van der Waals surface area contributed by atoms with Gasteiger partial charge in [-0.15, -0.1) is 0 Å². The molecular weight excluding hydrogens is 188 g/mol. The van der Waals surface area contributed by atoms with Gasteiger partial charge >= 0.3 is 0 Å². The van der Waals surface area contributed by atoms with Gasteiger partial charge in [0.2, 0.25) is 5.91 Å². The van der Waals surface area contributed by atoms with Crippen LogP contribution in [0, 0.1) is 11.8 Å². The van der Waals surface area contributed by atoms with Gasteiger partial charge in [0.1, 0.15) is 0 Å². The van der Waals surface area contributed by atoms with Crippen LogP contribution in [0.15, 0.2) is 0 Å². The van der Waals surface area contributed by atoms with Gasteiger partial charge in [0.25, 0.3) is 0 Å². The quantitative estimate of drug-likeness (QED) is 0.733. The molecule has 0 saturated heterocycles. The number of carbonyl (C=O) groups excluding carboxylic acids is 1. The summed E-state index contributed by atoms with van der Waals surface area (Å²) in [7, 11) is 0. The van der Waals surface area contributed by atoms with Crippen molar-refractivity contribution in [2.45, 2.75) is 47.1 Å². The smallest absolute Gasteiger partial charge is 0.239 e. The SMILES string of the molecule is CCC(C)CN(CC)C(=O)C(N)C(C)C. The van der Waals surface area contributed by atoms with Crippen molar-refractivity contribution < 1.29 is 4.79 Å². The Balaban J connectivity index is 4.34. The first-order chi connectivity index (χ1) is 6.93. The lowest BCUT2D eigenvalue weighted by Gasteiger charge is -2.28. The van der Waals surface area contributed by atoms with Crippen molar-refractivity contribution in [1.82, 2.24) is 4.90 Å². The van der Waals surface area contributed by atoms with E-state index in [1.807, 2.05) is 25.7 Å². The molecule has 15 heavy (non-hydrogen) atoms. The zero-order valence-electron chi connectivity index (χ0n) is 10.8. The zero-order valence-corrected chi connectivity index (χ0v) is 10.8. The van der Waals surface area contributed by atoms with E-state index in [1.54, 1.807) is 0 Å². The van der Waals surface area contributed by atoms with E-state index < -0.39 is 0 Å². The molecule has 0 aromatic rings. The van der Waals surface area contributed by atoms with E-state index in [0.29, 0.717) is 5.92 Å². The van der Waals surface area contributed by atoms with Gasteiger partial charge in [-0.3, -0.25) is 4.79 Å². The zero-order chi connectivity index (χ0) is 12.0. The molecule has 0 rings (SSSR count). The minimum atomic E-state index is -0.353. The van der Waals surface area contributed by atoms with Gasteiger partial charge in [-0.25, -0.2) is 0 Å². The van der Waals surface area contributed by atoms with Crippen molar-refractivity contribution in [1.29, 1.82) is 0 Å². The fourth-order valence-corrected chi connectivity index (χ4v) is 1.38. The molecule has 0 spiro atoms. The van der Waals surface area contributed by atoms with Crippen LogP contribution in [0.2, 0.25) is 0 Å². The molecule has 3 nitrogen and oxygen atoms in total. The van der Waals surface area contributed by atoms with Gasteiger partial charge in [-0.1, -0.05) is 34.1 Å². The number of nitrogens with two attached hydrogens (primary N) is 1. The summed E-state index contributed by atoms with van der Waals surface area (Å²) in [6.45, 7) is 11.9. The predicted octanol–water partition coefficient (Wildman–Crippen LogP) is 1.86. The van der Waals surface area contributed by atoms with Gasteiger partial charge in [0, 0.05) is 13.1 Å². The molecular formula is C12H26N2O. The van der Waals surface area contributed by atoms with E-state index in [4.69, 9.17) is 5.73 Å². The number of amides is 1. The molecule has 0 aliphatic carbocycles. The number of hydrogen-bond donors (Lipinski definition) is 1. The first kappa shape index (κ1) is 14.4. The molecule has 1 amide bonds. The number of hydrogen-bond acceptors (Lipinski definition) is 2. The summed E-state index contributed by atoms with van der Waals surface area (Å²) in [5, 5.41) is 0. The molecule has 0 heterocycles. The second-order valence-corrected chi connectivity index (χ2v) is 4.66. The minimum absolute atomic E-state index is 0.0906. The standard InChI is InChI=1S/C12H26N2O/c1-6-10(5)8-14(7-2)12(15)11(13)9(3)4/h9-11H,6-8,13H2,1-5H3. The molecule has 3 heteroatoms. The van der Waals surface area contributed by atoms with Crippen LogP contribution in [0.5, 0.6) is 0 Å². The maximum atomic E-state index is 12.0. The third-order valence-corrected chi connectivity index (χ3v) is 2.93. The first-order valence-corrected chi connectivity index (χ1v) is 5.98. The fraction of sp³-hybridized carbons (Fsp3) is 0.917. The third-order valence-electron chi connectivity index (χ3n) is 2.93. The van der Waals surface area contributed by atoms with E-state index in [0.717, 1.165) is 19.5 Å². The first-order valence-electron chi connectivity index (χ1n) is 5.98. The average molecular weight is 214 g/mol. The minimum Gasteiger partial charge on any atom is -0.341 e. The van der Waals surface area contributed by atoms with E-state index in [9.17, 15) is 4.79 Å². The molecule has 0 saturated carbocycles. The lowest BCUT2D eigenvalue weighted by molar-refractivity contribution is -0.134. The summed E-state index contributed by atoms with van der Waals surface area (Å²) in [4.78, 5) is 13.8. The molecule has 0 bridgehead atoms. The van der Waals surface area contributed by atoms with Gasteiger partial charge in [0.15, 0.2) is 0 Å². The highest BCUT2D eigenvalue weighted by Crippen LogP contribution is 2.08. The van der Waals surface area contributed by atoms with E-state index in [-0.39, 0.29) is 17.9 Å². The Morgan fingerprint density at radius 1 is 1.27 bits per heavy atom. The van der Waals surface area contributed by atoms with E-state index in [2.05, 4.69) is 13.8 Å². The van der Waals surface area contributed by atoms with Crippen LogP contribution in [0.3, 0.4) is 0 Å². The second-order valence-electron chi connectivity index (χ2n) is 4.66.